The normalized spacial score (nSPS) is 10.5. The monoisotopic (exact) mass is 317 g/mol. The van der Waals surface area contributed by atoms with E-state index >= 15 is 0 Å². The van der Waals surface area contributed by atoms with Crippen molar-refractivity contribution in [1.82, 2.24) is 4.90 Å². The highest BCUT2D eigenvalue weighted by Gasteiger charge is 2.21. The highest BCUT2D eigenvalue weighted by molar-refractivity contribution is 9.10. The largest absolute Gasteiger partial charge is 0.480 e. The van der Waals surface area contributed by atoms with Gasteiger partial charge in [0.2, 0.25) is 0 Å². The summed E-state index contributed by atoms with van der Waals surface area (Å²) >= 11 is 3.09. The van der Waals surface area contributed by atoms with Crippen LogP contribution >= 0.6 is 15.9 Å². The van der Waals surface area contributed by atoms with E-state index in [9.17, 15) is 14.0 Å². The minimum atomic E-state index is -1.10. The maximum atomic E-state index is 13.2. The van der Waals surface area contributed by atoms with Crippen LogP contribution in [0.4, 0.5) is 4.39 Å². The van der Waals surface area contributed by atoms with Crippen LogP contribution in [0.15, 0.2) is 22.7 Å². The fourth-order valence-corrected chi connectivity index (χ4v) is 1.94. The molecule has 1 amide bonds. The SMILES string of the molecule is CC(C)N(CC(=O)O)C(=O)c1cc(F)cc(Br)c1. The van der Waals surface area contributed by atoms with E-state index < -0.39 is 24.2 Å². The van der Waals surface area contributed by atoms with Crippen LogP contribution in [-0.4, -0.2) is 34.5 Å². The molecule has 0 bridgehead atoms. The zero-order valence-electron chi connectivity index (χ0n) is 9.98. The fraction of sp³-hybridized carbons (Fsp3) is 0.333. The van der Waals surface area contributed by atoms with Gasteiger partial charge in [0, 0.05) is 16.1 Å². The van der Waals surface area contributed by atoms with E-state index in [0.29, 0.717) is 4.47 Å². The molecule has 0 fully saturated rings. The van der Waals surface area contributed by atoms with Gasteiger partial charge in [-0.15, -0.1) is 0 Å². The molecule has 1 aromatic carbocycles. The van der Waals surface area contributed by atoms with Crippen LogP contribution in [0, 0.1) is 5.82 Å². The van der Waals surface area contributed by atoms with E-state index in [1.165, 1.54) is 17.0 Å². The summed E-state index contributed by atoms with van der Waals surface area (Å²) in [6.45, 7) is 3.00. The third kappa shape index (κ3) is 3.80. The van der Waals surface area contributed by atoms with Crippen molar-refractivity contribution in [2.45, 2.75) is 19.9 Å². The number of rotatable bonds is 4. The summed E-state index contributed by atoms with van der Waals surface area (Å²) in [6, 6.07) is 3.50. The lowest BCUT2D eigenvalue weighted by atomic mass is 10.1. The number of amides is 1. The Morgan fingerprint density at radius 3 is 2.44 bits per heavy atom. The topological polar surface area (TPSA) is 57.6 Å². The van der Waals surface area contributed by atoms with Crippen molar-refractivity contribution in [2.75, 3.05) is 6.54 Å². The van der Waals surface area contributed by atoms with Crippen molar-refractivity contribution in [3.63, 3.8) is 0 Å². The predicted molar refractivity (Wildman–Crippen MR) is 67.9 cm³/mol. The highest BCUT2D eigenvalue weighted by Crippen LogP contribution is 2.17. The lowest BCUT2D eigenvalue weighted by Crippen LogP contribution is -2.40. The number of carboxylic acid groups (broad SMARTS) is 1. The van der Waals surface area contributed by atoms with Crippen LogP contribution in [0.2, 0.25) is 0 Å². The molecular weight excluding hydrogens is 305 g/mol. The standard InChI is InChI=1S/C12H13BrFNO3/c1-7(2)15(6-11(16)17)12(18)8-3-9(13)5-10(14)4-8/h3-5,7H,6H2,1-2H3,(H,16,17). The molecule has 0 aliphatic carbocycles. The fourth-order valence-electron chi connectivity index (χ4n) is 1.48. The molecule has 0 atom stereocenters. The summed E-state index contributed by atoms with van der Waals surface area (Å²) in [5.41, 5.74) is 0.122. The molecule has 0 heterocycles. The number of carbonyl (C=O) groups excluding carboxylic acids is 1. The smallest absolute Gasteiger partial charge is 0.323 e. The third-order valence-corrected chi connectivity index (χ3v) is 2.76. The van der Waals surface area contributed by atoms with Crippen molar-refractivity contribution < 1.29 is 19.1 Å². The Morgan fingerprint density at radius 1 is 1.39 bits per heavy atom. The molecule has 1 rings (SSSR count). The number of carbonyl (C=O) groups is 2. The van der Waals surface area contributed by atoms with E-state index in [1.54, 1.807) is 13.8 Å². The average Bonchev–Trinajstić information content (AvgIpc) is 2.23. The number of carboxylic acids is 1. The molecule has 0 unspecified atom stereocenters. The molecule has 0 saturated heterocycles. The van der Waals surface area contributed by atoms with E-state index in [4.69, 9.17) is 5.11 Å². The van der Waals surface area contributed by atoms with E-state index in [1.807, 2.05) is 0 Å². The van der Waals surface area contributed by atoms with Crippen LogP contribution in [0.25, 0.3) is 0 Å². The predicted octanol–water partition coefficient (Wildman–Crippen LogP) is 2.52. The maximum absolute atomic E-state index is 13.2. The van der Waals surface area contributed by atoms with Crippen LogP contribution in [0.1, 0.15) is 24.2 Å². The van der Waals surface area contributed by atoms with Gasteiger partial charge in [0.1, 0.15) is 12.4 Å². The van der Waals surface area contributed by atoms with E-state index in [-0.39, 0.29) is 11.6 Å². The van der Waals surface area contributed by atoms with Gasteiger partial charge in [-0.05, 0) is 32.0 Å². The van der Waals surface area contributed by atoms with Gasteiger partial charge in [0.25, 0.3) is 5.91 Å². The zero-order valence-corrected chi connectivity index (χ0v) is 11.6. The van der Waals surface area contributed by atoms with Gasteiger partial charge in [-0.1, -0.05) is 15.9 Å². The molecule has 0 saturated carbocycles. The molecular formula is C12H13BrFNO3. The molecule has 98 valence electrons. The molecule has 0 radical (unpaired) electrons. The van der Waals surface area contributed by atoms with Gasteiger partial charge in [0.05, 0.1) is 0 Å². The molecule has 4 nitrogen and oxygen atoms in total. The maximum Gasteiger partial charge on any atom is 0.323 e. The van der Waals surface area contributed by atoms with E-state index in [2.05, 4.69) is 15.9 Å². The Labute approximate surface area is 113 Å². The van der Waals surface area contributed by atoms with Gasteiger partial charge in [-0.2, -0.15) is 0 Å². The van der Waals surface area contributed by atoms with Crippen LogP contribution in [-0.2, 0) is 4.79 Å². The quantitative estimate of drug-likeness (QED) is 0.928. The molecule has 0 spiro atoms. The Hall–Kier alpha value is -1.43. The molecule has 1 N–H and O–H groups in total. The van der Waals surface area contributed by atoms with Gasteiger partial charge in [-0.25, -0.2) is 4.39 Å². The minimum absolute atomic E-state index is 0.122. The first-order valence-electron chi connectivity index (χ1n) is 5.30. The zero-order chi connectivity index (χ0) is 13.9. The summed E-state index contributed by atoms with van der Waals surface area (Å²) in [7, 11) is 0. The van der Waals surface area contributed by atoms with E-state index in [0.717, 1.165) is 6.07 Å². The Bertz CT molecular complexity index is 456. The molecule has 0 aliphatic rings. The van der Waals surface area contributed by atoms with Crippen molar-refractivity contribution in [2.24, 2.45) is 0 Å². The Morgan fingerprint density at radius 2 is 2.00 bits per heavy atom. The Balaban J connectivity index is 3.05. The summed E-state index contributed by atoms with van der Waals surface area (Å²) in [5, 5.41) is 8.76. The van der Waals surface area contributed by atoms with Gasteiger partial charge < -0.3 is 10.0 Å². The number of hydrogen-bond acceptors (Lipinski definition) is 2. The second-order valence-electron chi connectivity index (χ2n) is 4.08. The summed E-state index contributed by atoms with van der Waals surface area (Å²) in [6.07, 6.45) is 0. The van der Waals surface area contributed by atoms with Crippen molar-refractivity contribution >= 4 is 27.8 Å². The van der Waals surface area contributed by atoms with Gasteiger partial charge >= 0.3 is 5.97 Å². The van der Waals surface area contributed by atoms with Crippen LogP contribution < -0.4 is 0 Å². The third-order valence-electron chi connectivity index (χ3n) is 2.30. The first kappa shape index (κ1) is 14.6. The van der Waals surface area contributed by atoms with Gasteiger partial charge in [-0.3, -0.25) is 9.59 Å². The van der Waals surface area contributed by atoms with Crippen LogP contribution in [0.5, 0.6) is 0 Å². The Kier molecular flexibility index (Phi) is 4.84. The van der Waals surface area contributed by atoms with Crippen LogP contribution in [0.3, 0.4) is 0 Å². The lowest BCUT2D eigenvalue weighted by Gasteiger charge is -2.25. The lowest BCUT2D eigenvalue weighted by molar-refractivity contribution is -0.138. The van der Waals surface area contributed by atoms with Crippen molar-refractivity contribution in [3.8, 4) is 0 Å². The number of nitrogens with zero attached hydrogens (tertiary/aromatic N) is 1. The number of halogens is 2. The minimum Gasteiger partial charge on any atom is -0.480 e. The summed E-state index contributed by atoms with van der Waals surface area (Å²) < 4.78 is 13.6. The molecule has 1 aromatic rings. The number of benzene rings is 1. The first-order chi connectivity index (χ1) is 8.31. The summed E-state index contributed by atoms with van der Waals surface area (Å²) in [4.78, 5) is 24.0. The van der Waals surface area contributed by atoms with Crippen molar-refractivity contribution in [1.29, 1.82) is 0 Å². The molecule has 0 aromatic heterocycles. The summed E-state index contributed by atoms with van der Waals surface area (Å²) in [5.74, 6) is -2.16. The second-order valence-corrected chi connectivity index (χ2v) is 4.99. The van der Waals surface area contributed by atoms with Gasteiger partial charge in [0.15, 0.2) is 0 Å². The molecule has 18 heavy (non-hydrogen) atoms. The first-order valence-corrected chi connectivity index (χ1v) is 6.09. The molecule has 0 aliphatic heterocycles. The number of hydrogen-bond donors (Lipinski definition) is 1. The average molecular weight is 318 g/mol. The number of aliphatic carboxylic acids is 1. The molecule has 6 heteroatoms. The highest BCUT2D eigenvalue weighted by atomic mass is 79.9. The second kappa shape index (κ2) is 5.95. The van der Waals surface area contributed by atoms with Crippen molar-refractivity contribution in [3.05, 3.63) is 34.1 Å².